The van der Waals surface area contributed by atoms with Crippen molar-refractivity contribution >= 4 is 0 Å². The van der Waals surface area contributed by atoms with E-state index in [2.05, 4.69) is 74.6 Å². The van der Waals surface area contributed by atoms with Crippen LogP contribution in [0.15, 0.2) is 60.8 Å². The van der Waals surface area contributed by atoms with Crippen molar-refractivity contribution in [1.82, 2.24) is 0 Å². The molecule has 0 aromatic rings. The van der Waals surface area contributed by atoms with Gasteiger partial charge < -0.3 is 0 Å². The zero-order valence-electron chi connectivity index (χ0n) is 14.6. The highest BCUT2D eigenvalue weighted by Crippen LogP contribution is 2.01. The molecule has 0 spiro atoms. The minimum atomic E-state index is 0.991. The SMILES string of the molecule is [CH2]CC/C=C/C/C=C/C/C=C/C/C=C/C/C=C/CCCCC. The number of unbranched alkanes of at least 4 members (excludes halogenated alkanes) is 4. The van der Waals surface area contributed by atoms with Crippen molar-refractivity contribution in [3.63, 3.8) is 0 Å². The second-order valence-corrected chi connectivity index (χ2v) is 5.44. The van der Waals surface area contributed by atoms with Gasteiger partial charge >= 0.3 is 0 Å². The molecule has 0 nitrogen and oxygen atoms in total. The Hall–Kier alpha value is -1.30. The van der Waals surface area contributed by atoms with Crippen LogP contribution < -0.4 is 0 Å². The molecular formula is C22H35. The van der Waals surface area contributed by atoms with Crippen LogP contribution in [0.5, 0.6) is 0 Å². The third kappa shape index (κ3) is 18.7. The molecule has 0 heterocycles. The maximum Gasteiger partial charge on any atom is -0.0169 e. The lowest BCUT2D eigenvalue weighted by Gasteiger charge is -1.90. The molecule has 1 radical (unpaired) electrons. The molecule has 0 atom stereocenters. The fourth-order valence-electron chi connectivity index (χ4n) is 1.95. The third-order valence-electron chi connectivity index (χ3n) is 3.27. The van der Waals surface area contributed by atoms with E-state index in [1.165, 1.54) is 25.7 Å². The molecule has 0 fully saturated rings. The highest BCUT2D eigenvalue weighted by molar-refractivity contribution is 5.00. The molecule has 0 N–H and O–H groups in total. The summed E-state index contributed by atoms with van der Waals surface area (Å²) in [5.74, 6) is 0. The molecule has 0 saturated carbocycles. The van der Waals surface area contributed by atoms with Crippen LogP contribution in [0.25, 0.3) is 0 Å². The summed E-state index contributed by atoms with van der Waals surface area (Å²) < 4.78 is 0. The third-order valence-corrected chi connectivity index (χ3v) is 3.27. The van der Waals surface area contributed by atoms with Gasteiger partial charge in [-0.1, -0.05) is 87.4 Å². The van der Waals surface area contributed by atoms with E-state index >= 15 is 0 Å². The van der Waals surface area contributed by atoms with Crippen molar-refractivity contribution in [3.05, 3.63) is 67.7 Å². The Morgan fingerprint density at radius 1 is 0.545 bits per heavy atom. The number of rotatable bonds is 14. The Balaban J connectivity index is 3.42. The summed E-state index contributed by atoms with van der Waals surface area (Å²) in [5.41, 5.74) is 0. The summed E-state index contributed by atoms with van der Waals surface area (Å²) in [5, 5.41) is 0. The Morgan fingerprint density at radius 2 is 0.955 bits per heavy atom. The zero-order chi connectivity index (χ0) is 16.1. The normalized spacial score (nSPS) is 13.0. The van der Waals surface area contributed by atoms with Gasteiger partial charge in [0.15, 0.2) is 0 Å². The first-order valence-electron chi connectivity index (χ1n) is 8.96. The first kappa shape index (κ1) is 20.7. The predicted molar refractivity (Wildman–Crippen MR) is 103 cm³/mol. The highest BCUT2D eigenvalue weighted by atomic mass is 13.9. The highest BCUT2D eigenvalue weighted by Gasteiger charge is 1.80. The topological polar surface area (TPSA) is 0 Å². The minimum absolute atomic E-state index is 0.991. The maximum atomic E-state index is 3.81. The molecule has 22 heavy (non-hydrogen) atoms. The van der Waals surface area contributed by atoms with Gasteiger partial charge in [0, 0.05) is 0 Å². The summed E-state index contributed by atoms with van der Waals surface area (Å²) in [4.78, 5) is 0. The molecule has 0 aliphatic rings. The lowest BCUT2D eigenvalue weighted by Crippen LogP contribution is -1.70. The standard InChI is InChI=1S/C22H35/c1-3-5-7-9-11-13-15-17-19-21-22-20-18-16-14-12-10-8-6-4-2/h7,9,12-15,18-21H,1,3-6,8,10-11,16-17,22H2,2H3/b9-7+,14-12+,15-13+,20-18+,21-19+. The van der Waals surface area contributed by atoms with Crippen LogP contribution in [0.4, 0.5) is 0 Å². The Morgan fingerprint density at radius 3 is 1.36 bits per heavy atom. The summed E-state index contributed by atoms with van der Waals surface area (Å²) in [7, 11) is 0. The largest absolute Gasteiger partial charge is 0.0882 e. The Labute approximate surface area is 139 Å². The van der Waals surface area contributed by atoms with Gasteiger partial charge in [-0.05, 0) is 51.4 Å². The van der Waals surface area contributed by atoms with Crippen molar-refractivity contribution in [3.8, 4) is 0 Å². The minimum Gasteiger partial charge on any atom is -0.0882 e. The van der Waals surface area contributed by atoms with Crippen LogP contribution in [-0.2, 0) is 0 Å². The second kappa shape index (κ2) is 19.7. The van der Waals surface area contributed by atoms with E-state index in [9.17, 15) is 0 Å². The fourth-order valence-corrected chi connectivity index (χ4v) is 1.95. The molecule has 0 heteroatoms. The summed E-state index contributed by atoms with van der Waals surface area (Å²) in [6.07, 6.45) is 33.9. The summed E-state index contributed by atoms with van der Waals surface area (Å²) >= 11 is 0. The van der Waals surface area contributed by atoms with E-state index in [1.807, 2.05) is 0 Å². The van der Waals surface area contributed by atoms with E-state index < -0.39 is 0 Å². The molecule has 0 unspecified atom stereocenters. The molecule has 0 aliphatic carbocycles. The van der Waals surface area contributed by atoms with Crippen molar-refractivity contribution in [1.29, 1.82) is 0 Å². The molecular weight excluding hydrogens is 264 g/mol. The van der Waals surface area contributed by atoms with Gasteiger partial charge in [-0.2, -0.15) is 0 Å². The van der Waals surface area contributed by atoms with Gasteiger partial charge in [0.1, 0.15) is 0 Å². The van der Waals surface area contributed by atoms with E-state index in [0.29, 0.717) is 0 Å². The monoisotopic (exact) mass is 299 g/mol. The average molecular weight is 300 g/mol. The van der Waals surface area contributed by atoms with Gasteiger partial charge in [-0.25, -0.2) is 0 Å². The van der Waals surface area contributed by atoms with Gasteiger partial charge in [-0.3, -0.25) is 0 Å². The molecule has 0 aromatic carbocycles. The van der Waals surface area contributed by atoms with Crippen molar-refractivity contribution < 1.29 is 0 Å². The fraction of sp³-hybridized carbons (Fsp3) is 0.500. The van der Waals surface area contributed by atoms with Crippen LogP contribution in [0.2, 0.25) is 0 Å². The zero-order valence-corrected chi connectivity index (χ0v) is 14.6. The molecule has 0 amide bonds. The van der Waals surface area contributed by atoms with Gasteiger partial charge in [-0.15, -0.1) is 0 Å². The van der Waals surface area contributed by atoms with Gasteiger partial charge in [0.2, 0.25) is 0 Å². The summed E-state index contributed by atoms with van der Waals surface area (Å²) in [6, 6.07) is 0. The molecule has 0 saturated heterocycles. The van der Waals surface area contributed by atoms with E-state index in [4.69, 9.17) is 0 Å². The van der Waals surface area contributed by atoms with E-state index in [0.717, 1.165) is 38.5 Å². The Bertz CT molecular complexity index is 339. The quantitative estimate of drug-likeness (QED) is 0.230. The molecule has 123 valence electrons. The van der Waals surface area contributed by atoms with Crippen molar-refractivity contribution in [2.45, 2.75) is 71.1 Å². The molecule has 0 bridgehead atoms. The van der Waals surface area contributed by atoms with Crippen LogP contribution in [0, 0.1) is 6.92 Å². The van der Waals surface area contributed by atoms with Crippen molar-refractivity contribution in [2.24, 2.45) is 0 Å². The molecule has 0 aromatic heterocycles. The predicted octanol–water partition coefficient (Wildman–Crippen LogP) is 7.52. The number of allylic oxidation sites excluding steroid dienone is 10. The van der Waals surface area contributed by atoms with Crippen LogP contribution in [-0.4, -0.2) is 0 Å². The van der Waals surface area contributed by atoms with Crippen molar-refractivity contribution in [2.75, 3.05) is 0 Å². The number of hydrogen-bond acceptors (Lipinski definition) is 0. The first-order chi connectivity index (χ1) is 10.9. The smallest absolute Gasteiger partial charge is 0.0169 e. The molecule has 0 aliphatic heterocycles. The Kier molecular flexibility index (Phi) is 18.5. The van der Waals surface area contributed by atoms with E-state index in [-0.39, 0.29) is 0 Å². The summed E-state index contributed by atoms with van der Waals surface area (Å²) in [6.45, 7) is 6.06. The lowest BCUT2D eigenvalue weighted by atomic mass is 10.2. The lowest BCUT2D eigenvalue weighted by molar-refractivity contribution is 0.728. The van der Waals surface area contributed by atoms with Gasteiger partial charge in [0.25, 0.3) is 0 Å². The second-order valence-electron chi connectivity index (χ2n) is 5.44. The van der Waals surface area contributed by atoms with Crippen LogP contribution in [0.1, 0.15) is 71.1 Å². The number of hydrogen-bond donors (Lipinski definition) is 0. The maximum absolute atomic E-state index is 3.81. The first-order valence-corrected chi connectivity index (χ1v) is 8.96. The van der Waals surface area contributed by atoms with Crippen LogP contribution in [0.3, 0.4) is 0 Å². The average Bonchev–Trinajstić information content (AvgIpc) is 2.54. The van der Waals surface area contributed by atoms with Crippen LogP contribution >= 0.6 is 0 Å². The van der Waals surface area contributed by atoms with E-state index in [1.54, 1.807) is 0 Å². The molecule has 0 rings (SSSR count). The van der Waals surface area contributed by atoms with Gasteiger partial charge in [0.05, 0.1) is 0 Å².